The molecule has 1 atom stereocenters. The Morgan fingerprint density at radius 3 is 2.83 bits per heavy atom. The molecule has 18 heavy (non-hydrogen) atoms. The minimum atomic E-state index is 0.418. The predicted octanol–water partition coefficient (Wildman–Crippen LogP) is 2.36. The second-order valence-electron chi connectivity index (χ2n) is 4.56. The predicted molar refractivity (Wildman–Crippen MR) is 77.2 cm³/mol. The molecule has 0 aliphatic heterocycles. The summed E-state index contributed by atoms with van der Waals surface area (Å²) in [7, 11) is 1.71. The fraction of sp³-hybridized carbons (Fsp3) is 0.571. The monoisotopic (exact) mass is 270 g/mol. The Labute approximate surface area is 115 Å². The van der Waals surface area contributed by atoms with Crippen molar-refractivity contribution < 1.29 is 4.74 Å². The normalized spacial score (nSPS) is 12.7. The minimum absolute atomic E-state index is 0.418. The number of hydrogen-bond donors (Lipinski definition) is 2. The number of rotatable bonds is 8. The lowest BCUT2D eigenvalue weighted by Crippen LogP contribution is -2.37. The maximum Gasteiger partial charge on any atom is 0.0587 e. The zero-order valence-corrected chi connectivity index (χ0v) is 12.2. The van der Waals surface area contributed by atoms with E-state index >= 15 is 0 Å². The van der Waals surface area contributed by atoms with Gasteiger partial charge in [0.1, 0.15) is 0 Å². The van der Waals surface area contributed by atoms with Crippen LogP contribution in [0, 0.1) is 6.92 Å². The standard InChI is InChI=1S/C14H23ClN2O/c1-11-4-5-13(8-14(11)15)10-17-12(2)9-16-6-7-18-3/h4-5,8,12,16-17H,6-7,9-10H2,1-3H3. The average Bonchev–Trinajstić information content (AvgIpc) is 2.36. The summed E-state index contributed by atoms with van der Waals surface area (Å²) in [5.74, 6) is 0. The van der Waals surface area contributed by atoms with Crippen LogP contribution in [0.25, 0.3) is 0 Å². The molecule has 0 radical (unpaired) electrons. The van der Waals surface area contributed by atoms with Gasteiger partial charge >= 0.3 is 0 Å². The van der Waals surface area contributed by atoms with Gasteiger partial charge in [-0.05, 0) is 31.0 Å². The second kappa shape index (κ2) is 8.48. The molecule has 1 aromatic rings. The van der Waals surface area contributed by atoms with Crippen molar-refractivity contribution >= 4 is 11.6 Å². The van der Waals surface area contributed by atoms with Crippen LogP contribution >= 0.6 is 11.6 Å². The fourth-order valence-corrected chi connectivity index (χ4v) is 1.81. The van der Waals surface area contributed by atoms with Gasteiger partial charge in [-0.2, -0.15) is 0 Å². The largest absolute Gasteiger partial charge is 0.383 e. The maximum absolute atomic E-state index is 6.09. The highest BCUT2D eigenvalue weighted by Crippen LogP contribution is 2.16. The van der Waals surface area contributed by atoms with Crippen LogP contribution in [0.5, 0.6) is 0 Å². The van der Waals surface area contributed by atoms with E-state index in [1.807, 2.05) is 13.0 Å². The molecule has 0 saturated carbocycles. The van der Waals surface area contributed by atoms with Crippen molar-refractivity contribution in [2.45, 2.75) is 26.4 Å². The molecule has 3 nitrogen and oxygen atoms in total. The zero-order chi connectivity index (χ0) is 13.4. The van der Waals surface area contributed by atoms with Crippen molar-refractivity contribution in [3.8, 4) is 0 Å². The Morgan fingerprint density at radius 2 is 2.17 bits per heavy atom. The summed E-state index contributed by atoms with van der Waals surface area (Å²) in [6, 6.07) is 6.61. The van der Waals surface area contributed by atoms with Gasteiger partial charge in [0.25, 0.3) is 0 Å². The van der Waals surface area contributed by atoms with E-state index in [1.54, 1.807) is 7.11 Å². The first-order chi connectivity index (χ1) is 8.63. The van der Waals surface area contributed by atoms with Crippen LogP contribution < -0.4 is 10.6 Å². The Hall–Kier alpha value is -0.610. The van der Waals surface area contributed by atoms with E-state index in [1.165, 1.54) is 5.56 Å². The van der Waals surface area contributed by atoms with Crippen LogP contribution in [0.1, 0.15) is 18.1 Å². The van der Waals surface area contributed by atoms with Crippen LogP contribution in [-0.4, -0.2) is 32.8 Å². The molecule has 0 aromatic heterocycles. The fourth-order valence-electron chi connectivity index (χ4n) is 1.60. The van der Waals surface area contributed by atoms with E-state index in [2.05, 4.69) is 29.7 Å². The maximum atomic E-state index is 6.09. The number of ether oxygens (including phenoxy) is 1. The summed E-state index contributed by atoms with van der Waals surface area (Å²) in [4.78, 5) is 0. The number of hydrogen-bond acceptors (Lipinski definition) is 3. The molecule has 0 aliphatic carbocycles. The second-order valence-corrected chi connectivity index (χ2v) is 4.97. The molecule has 0 aliphatic rings. The third-order valence-electron chi connectivity index (χ3n) is 2.82. The number of methoxy groups -OCH3 is 1. The molecule has 1 unspecified atom stereocenters. The molecular weight excluding hydrogens is 248 g/mol. The molecule has 0 amide bonds. The van der Waals surface area contributed by atoms with E-state index in [-0.39, 0.29) is 0 Å². The number of benzene rings is 1. The summed E-state index contributed by atoms with van der Waals surface area (Å²) in [5.41, 5.74) is 2.34. The molecule has 0 bridgehead atoms. The summed E-state index contributed by atoms with van der Waals surface area (Å²) in [6.45, 7) is 7.59. The lowest BCUT2D eigenvalue weighted by molar-refractivity contribution is 0.198. The third-order valence-corrected chi connectivity index (χ3v) is 3.23. The van der Waals surface area contributed by atoms with Gasteiger partial charge in [0.05, 0.1) is 6.61 Å². The van der Waals surface area contributed by atoms with E-state index in [4.69, 9.17) is 16.3 Å². The SMILES string of the molecule is COCCNCC(C)NCc1ccc(C)c(Cl)c1. The first-order valence-electron chi connectivity index (χ1n) is 6.31. The molecule has 0 spiro atoms. The first kappa shape index (κ1) is 15.4. The van der Waals surface area contributed by atoms with E-state index in [9.17, 15) is 0 Å². The van der Waals surface area contributed by atoms with Crippen molar-refractivity contribution in [1.82, 2.24) is 10.6 Å². The Morgan fingerprint density at radius 1 is 1.39 bits per heavy atom. The number of nitrogens with one attached hydrogen (secondary N) is 2. The summed E-state index contributed by atoms with van der Waals surface area (Å²) < 4.78 is 4.98. The Bertz CT molecular complexity index is 358. The van der Waals surface area contributed by atoms with E-state index in [0.29, 0.717) is 6.04 Å². The van der Waals surface area contributed by atoms with Crippen molar-refractivity contribution in [1.29, 1.82) is 0 Å². The molecule has 102 valence electrons. The van der Waals surface area contributed by atoms with Gasteiger partial charge in [0, 0.05) is 37.8 Å². The topological polar surface area (TPSA) is 33.3 Å². The van der Waals surface area contributed by atoms with Gasteiger partial charge in [-0.1, -0.05) is 23.7 Å². The van der Waals surface area contributed by atoms with Gasteiger partial charge in [-0.15, -0.1) is 0 Å². The molecule has 0 saturated heterocycles. The highest BCUT2D eigenvalue weighted by molar-refractivity contribution is 6.31. The quantitative estimate of drug-likeness (QED) is 0.712. The van der Waals surface area contributed by atoms with E-state index < -0.39 is 0 Å². The minimum Gasteiger partial charge on any atom is -0.383 e. The average molecular weight is 271 g/mol. The molecule has 4 heteroatoms. The first-order valence-corrected chi connectivity index (χ1v) is 6.69. The van der Waals surface area contributed by atoms with Crippen molar-refractivity contribution in [3.63, 3.8) is 0 Å². The van der Waals surface area contributed by atoms with Crippen molar-refractivity contribution in [3.05, 3.63) is 34.3 Å². The van der Waals surface area contributed by atoms with Crippen molar-refractivity contribution in [2.75, 3.05) is 26.8 Å². The van der Waals surface area contributed by atoms with Crippen LogP contribution in [0.15, 0.2) is 18.2 Å². The molecular formula is C14H23ClN2O. The Balaban J connectivity index is 2.24. The smallest absolute Gasteiger partial charge is 0.0587 e. The summed E-state index contributed by atoms with van der Waals surface area (Å²) in [6.07, 6.45) is 0. The molecule has 1 rings (SSSR count). The van der Waals surface area contributed by atoms with Gasteiger partial charge < -0.3 is 15.4 Å². The number of halogens is 1. The van der Waals surface area contributed by atoms with Gasteiger partial charge in [-0.25, -0.2) is 0 Å². The summed E-state index contributed by atoms with van der Waals surface area (Å²) >= 11 is 6.09. The zero-order valence-electron chi connectivity index (χ0n) is 11.4. The van der Waals surface area contributed by atoms with Crippen LogP contribution in [0.3, 0.4) is 0 Å². The highest BCUT2D eigenvalue weighted by Gasteiger charge is 2.02. The van der Waals surface area contributed by atoms with Gasteiger partial charge in [0.15, 0.2) is 0 Å². The third kappa shape index (κ3) is 5.83. The van der Waals surface area contributed by atoms with Crippen LogP contribution in [-0.2, 0) is 11.3 Å². The van der Waals surface area contributed by atoms with E-state index in [0.717, 1.165) is 36.8 Å². The van der Waals surface area contributed by atoms with Crippen LogP contribution in [0.4, 0.5) is 0 Å². The van der Waals surface area contributed by atoms with Crippen LogP contribution in [0.2, 0.25) is 5.02 Å². The van der Waals surface area contributed by atoms with Crippen molar-refractivity contribution in [2.24, 2.45) is 0 Å². The molecule has 0 fully saturated rings. The number of aryl methyl sites for hydroxylation is 1. The van der Waals surface area contributed by atoms with Gasteiger partial charge in [-0.3, -0.25) is 0 Å². The lowest BCUT2D eigenvalue weighted by Gasteiger charge is -2.15. The summed E-state index contributed by atoms with van der Waals surface area (Å²) in [5, 5.41) is 7.62. The highest BCUT2D eigenvalue weighted by atomic mass is 35.5. The van der Waals surface area contributed by atoms with Gasteiger partial charge in [0.2, 0.25) is 0 Å². The lowest BCUT2D eigenvalue weighted by atomic mass is 10.1. The molecule has 1 aromatic carbocycles. The molecule has 2 N–H and O–H groups in total. The Kier molecular flexibility index (Phi) is 7.28. The molecule has 0 heterocycles.